The molecule has 0 heterocycles. The van der Waals surface area contributed by atoms with E-state index >= 15 is 0 Å². The van der Waals surface area contributed by atoms with Gasteiger partial charge in [-0.3, -0.25) is 9.10 Å². The molecule has 0 saturated carbocycles. The van der Waals surface area contributed by atoms with Crippen molar-refractivity contribution in [2.24, 2.45) is 0 Å². The van der Waals surface area contributed by atoms with Gasteiger partial charge in [0.15, 0.2) is 0 Å². The van der Waals surface area contributed by atoms with Crippen molar-refractivity contribution in [3.8, 4) is 5.75 Å². The van der Waals surface area contributed by atoms with Crippen LogP contribution in [0.4, 0.5) is 5.69 Å². The zero-order chi connectivity index (χ0) is 20.0. The number of sulfonamides is 1. The molecular weight excluding hydrogens is 364 g/mol. The third-order valence-electron chi connectivity index (χ3n) is 4.30. The second-order valence-electron chi connectivity index (χ2n) is 6.32. The molecule has 0 aliphatic carbocycles. The number of carbonyl (C=O) groups is 1. The molecule has 0 aliphatic heterocycles. The molecule has 1 atom stereocenters. The topological polar surface area (TPSA) is 66.9 Å². The molecule has 6 nitrogen and oxygen atoms in total. The van der Waals surface area contributed by atoms with Gasteiger partial charge in [0, 0.05) is 19.2 Å². The summed E-state index contributed by atoms with van der Waals surface area (Å²) in [6.45, 7) is 2.13. The Morgan fingerprint density at radius 1 is 1.07 bits per heavy atom. The molecule has 0 aromatic heterocycles. The molecule has 0 N–H and O–H groups in total. The molecular formula is C20H26N2O4S. The van der Waals surface area contributed by atoms with Gasteiger partial charge in [0.05, 0.1) is 19.1 Å². The smallest absolute Gasteiger partial charge is 0.246 e. The maximum absolute atomic E-state index is 13.1. The fraction of sp³-hybridized carbons (Fsp3) is 0.350. The van der Waals surface area contributed by atoms with Gasteiger partial charge in [-0.15, -0.1) is 0 Å². The quantitative estimate of drug-likeness (QED) is 0.695. The number of carbonyl (C=O) groups excluding carboxylic acids is 1. The fourth-order valence-corrected chi connectivity index (χ4v) is 4.25. The van der Waals surface area contributed by atoms with E-state index in [0.717, 1.165) is 11.8 Å². The first-order valence-corrected chi connectivity index (χ1v) is 10.6. The normalized spacial score (nSPS) is 12.3. The van der Waals surface area contributed by atoms with Gasteiger partial charge < -0.3 is 9.64 Å². The van der Waals surface area contributed by atoms with E-state index in [1.807, 2.05) is 24.3 Å². The van der Waals surface area contributed by atoms with Crippen molar-refractivity contribution >= 4 is 21.6 Å². The van der Waals surface area contributed by atoms with Crippen LogP contribution < -0.4 is 9.04 Å². The number of likely N-dealkylation sites (N-methyl/N-ethyl adjacent to an activating group) is 1. The van der Waals surface area contributed by atoms with Crippen molar-refractivity contribution < 1.29 is 17.9 Å². The van der Waals surface area contributed by atoms with E-state index in [1.54, 1.807) is 51.4 Å². The van der Waals surface area contributed by atoms with Crippen molar-refractivity contribution in [3.05, 3.63) is 60.2 Å². The summed E-state index contributed by atoms with van der Waals surface area (Å²) >= 11 is 0. The first-order valence-electron chi connectivity index (χ1n) is 8.71. The predicted molar refractivity (Wildman–Crippen MR) is 107 cm³/mol. The summed E-state index contributed by atoms with van der Waals surface area (Å²) in [5.74, 6) is 0.422. The summed E-state index contributed by atoms with van der Waals surface area (Å²) in [5.41, 5.74) is 1.34. The molecule has 0 bridgehead atoms. The van der Waals surface area contributed by atoms with Gasteiger partial charge >= 0.3 is 0 Å². The Morgan fingerprint density at radius 2 is 1.67 bits per heavy atom. The number of nitrogens with zero attached hydrogens (tertiary/aromatic N) is 2. The average molecular weight is 391 g/mol. The zero-order valence-corrected chi connectivity index (χ0v) is 16.9. The van der Waals surface area contributed by atoms with Gasteiger partial charge in [0.25, 0.3) is 0 Å². The van der Waals surface area contributed by atoms with Gasteiger partial charge in [0.1, 0.15) is 11.8 Å². The summed E-state index contributed by atoms with van der Waals surface area (Å²) in [7, 11) is -0.383. The van der Waals surface area contributed by atoms with Crippen molar-refractivity contribution in [1.29, 1.82) is 0 Å². The van der Waals surface area contributed by atoms with Crippen LogP contribution in [0.1, 0.15) is 18.9 Å². The maximum atomic E-state index is 13.1. The number of anilines is 1. The number of benzene rings is 2. The zero-order valence-electron chi connectivity index (χ0n) is 16.1. The second kappa shape index (κ2) is 8.90. The lowest BCUT2D eigenvalue weighted by atomic mass is 10.1. The minimum atomic E-state index is -3.63. The van der Waals surface area contributed by atoms with Crippen molar-refractivity contribution in [1.82, 2.24) is 4.90 Å². The lowest BCUT2D eigenvalue weighted by Crippen LogP contribution is -2.49. The molecule has 0 unspecified atom stereocenters. The highest BCUT2D eigenvalue weighted by atomic mass is 32.2. The molecule has 146 valence electrons. The number of para-hydroxylation sites is 2. The van der Waals surface area contributed by atoms with Gasteiger partial charge in [0.2, 0.25) is 15.9 Å². The lowest BCUT2D eigenvalue weighted by molar-refractivity contribution is -0.131. The standard InChI is InChI=1S/C20H26N2O4S/c1-5-18(22(27(4,24)25)17-12-7-6-8-13-17)20(23)21(2)15-16-11-9-10-14-19(16)26-3/h6-14,18H,5,15H2,1-4H3/t18-/m1/s1. The number of methoxy groups -OCH3 is 1. The number of amides is 1. The summed E-state index contributed by atoms with van der Waals surface area (Å²) in [6, 6.07) is 15.3. The number of rotatable bonds is 8. The van der Waals surface area contributed by atoms with Crippen LogP contribution in [-0.4, -0.2) is 45.7 Å². The molecule has 2 rings (SSSR count). The highest BCUT2D eigenvalue weighted by Crippen LogP contribution is 2.24. The van der Waals surface area contributed by atoms with Crippen LogP contribution in [0, 0.1) is 0 Å². The van der Waals surface area contributed by atoms with E-state index < -0.39 is 16.1 Å². The van der Waals surface area contributed by atoms with Gasteiger partial charge in [-0.1, -0.05) is 43.3 Å². The Bertz CT molecular complexity index is 869. The summed E-state index contributed by atoms with van der Waals surface area (Å²) in [5, 5.41) is 0. The molecule has 0 fully saturated rings. The molecule has 7 heteroatoms. The highest BCUT2D eigenvalue weighted by molar-refractivity contribution is 7.92. The highest BCUT2D eigenvalue weighted by Gasteiger charge is 2.33. The van der Waals surface area contributed by atoms with Crippen molar-refractivity contribution in [2.45, 2.75) is 25.9 Å². The molecule has 2 aromatic carbocycles. The Kier molecular flexibility index (Phi) is 6.85. The fourth-order valence-electron chi connectivity index (χ4n) is 3.04. The largest absolute Gasteiger partial charge is 0.496 e. The van der Waals surface area contributed by atoms with Crippen molar-refractivity contribution in [3.63, 3.8) is 0 Å². The minimum Gasteiger partial charge on any atom is -0.496 e. The van der Waals surface area contributed by atoms with Crippen LogP contribution in [0.5, 0.6) is 5.75 Å². The molecule has 0 saturated heterocycles. The minimum absolute atomic E-state index is 0.266. The van der Waals surface area contributed by atoms with Crippen LogP contribution in [0.25, 0.3) is 0 Å². The summed E-state index contributed by atoms with van der Waals surface area (Å²) in [4.78, 5) is 14.7. The first-order chi connectivity index (χ1) is 12.8. The lowest BCUT2D eigenvalue weighted by Gasteiger charge is -2.33. The predicted octanol–water partition coefficient (Wildman–Crippen LogP) is 2.90. The molecule has 0 aliphatic rings. The average Bonchev–Trinajstić information content (AvgIpc) is 2.65. The van der Waals surface area contributed by atoms with Crippen molar-refractivity contribution in [2.75, 3.05) is 24.7 Å². The SMILES string of the molecule is CC[C@H](C(=O)N(C)Cc1ccccc1OC)N(c1ccccc1)S(C)(=O)=O. The first kappa shape index (κ1) is 20.8. The van der Waals surface area contributed by atoms with E-state index in [0.29, 0.717) is 24.4 Å². The number of hydrogen-bond acceptors (Lipinski definition) is 4. The Balaban J connectivity index is 2.32. The van der Waals surface area contributed by atoms with Crippen LogP contribution in [0.3, 0.4) is 0 Å². The Hall–Kier alpha value is -2.54. The van der Waals surface area contributed by atoms with Crippen LogP contribution in [0.2, 0.25) is 0 Å². The van der Waals surface area contributed by atoms with E-state index in [2.05, 4.69) is 0 Å². The number of hydrogen-bond donors (Lipinski definition) is 0. The molecule has 1 amide bonds. The van der Waals surface area contributed by atoms with Crippen LogP contribution >= 0.6 is 0 Å². The molecule has 0 radical (unpaired) electrons. The maximum Gasteiger partial charge on any atom is 0.246 e. The third kappa shape index (κ3) is 5.01. The van der Waals surface area contributed by atoms with Crippen LogP contribution in [-0.2, 0) is 21.4 Å². The van der Waals surface area contributed by atoms with Gasteiger partial charge in [-0.05, 0) is 24.6 Å². The van der Waals surface area contributed by atoms with Gasteiger partial charge in [-0.25, -0.2) is 8.42 Å². The van der Waals surface area contributed by atoms with E-state index in [-0.39, 0.29) is 5.91 Å². The molecule has 2 aromatic rings. The van der Waals surface area contributed by atoms with E-state index in [4.69, 9.17) is 4.74 Å². The second-order valence-corrected chi connectivity index (χ2v) is 8.18. The van der Waals surface area contributed by atoms with E-state index in [1.165, 1.54) is 9.21 Å². The molecule has 27 heavy (non-hydrogen) atoms. The third-order valence-corrected chi connectivity index (χ3v) is 5.48. The Labute approximate surface area is 161 Å². The molecule has 0 spiro atoms. The number of ether oxygens (including phenoxy) is 1. The summed E-state index contributed by atoms with van der Waals surface area (Å²) < 4.78 is 31.4. The monoisotopic (exact) mass is 390 g/mol. The Morgan fingerprint density at radius 3 is 2.22 bits per heavy atom. The van der Waals surface area contributed by atoms with Gasteiger partial charge in [-0.2, -0.15) is 0 Å². The summed E-state index contributed by atoms with van der Waals surface area (Å²) in [6.07, 6.45) is 1.48. The van der Waals surface area contributed by atoms with Crippen LogP contribution in [0.15, 0.2) is 54.6 Å². The van der Waals surface area contributed by atoms with E-state index in [9.17, 15) is 13.2 Å².